The molecule has 0 aliphatic rings. The van der Waals surface area contributed by atoms with Gasteiger partial charge in [-0.3, -0.25) is 5.32 Å². The Morgan fingerprint density at radius 2 is 2.14 bits per heavy atom. The third-order valence-corrected chi connectivity index (χ3v) is 1.31. The van der Waals surface area contributed by atoms with Gasteiger partial charge in [-0.05, 0) is 26.7 Å². The lowest BCUT2D eigenvalue weighted by Crippen LogP contribution is -2.29. The van der Waals surface area contributed by atoms with Crippen molar-refractivity contribution in [1.82, 2.24) is 5.32 Å². The Hall–Kier alpha value is -1.03. The SMILES string of the molecule is CC(C=CNC(=O)OC(C)(C)C)CO. The molecule has 0 fully saturated rings. The number of amides is 1. The average molecular weight is 201 g/mol. The van der Waals surface area contributed by atoms with E-state index in [2.05, 4.69) is 5.32 Å². The van der Waals surface area contributed by atoms with Gasteiger partial charge in [-0.15, -0.1) is 0 Å². The van der Waals surface area contributed by atoms with Gasteiger partial charge < -0.3 is 9.84 Å². The fourth-order valence-electron chi connectivity index (χ4n) is 0.649. The van der Waals surface area contributed by atoms with Gasteiger partial charge in [-0.1, -0.05) is 13.0 Å². The van der Waals surface area contributed by atoms with Crippen molar-refractivity contribution in [3.8, 4) is 0 Å². The van der Waals surface area contributed by atoms with Crippen LogP contribution in [0.2, 0.25) is 0 Å². The van der Waals surface area contributed by atoms with E-state index in [9.17, 15) is 4.79 Å². The average Bonchev–Trinajstić information content (AvgIpc) is 2.00. The molecule has 1 atom stereocenters. The number of rotatable bonds is 3. The Bertz CT molecular complexity index is 206. The van der Waals surface area contributed by atoms with Crippen molar-refractivity contribution >= 4 is 6.09 Å². The molecule has 1 unspecified atom stereocenters. The van der Waals surface area contributed by atoms with Crippen LogP contribution in [0.15, 0.2) is 12.3 Å². The number of ether oxygens (including phenoxy) is 1. The van der Waals surface area contributed by atoms with E-state index in [1.165, 1.54) is 6.20 Å². The van der Waals surface area contributed by atoms with Crippen molar-refractivity contribution in [3.63, 3.8) is 0 Å². The Labute approximate surface area is 85.0 Å². The minimum absolute atomic E-state index is 0.0323. The molecule has 82 valence electrons. The quantitative estimate of drug-likeness (QED) is 0.730. The molecule has 0 heterocycles. The first kappa shape index (κ1) is 13.0. The third kappa shape index (κ3) is 7.61. The molecule has 0 aliphatic heterocycles. The first-order chi connectivity index (χ1) is 6.35. The zero-order valence-electron chi connectivity index (χ0n) is 9.20. The van der Waals surface area contributed by atoms with E-state index in [1.807, 2.05) is 6.92 Å². The highest BCUT2D eigenvalue weighted by Gasteiger charge is 2.14. The number of hydrogen-bond donors (Lipinski definition) is 2. The van der Waals surface area contributed by atoms with Crippen molar-refractivity contribution in [2.24, 2.45) is 5.92 Å². The molecule has 0 radical (unpaired) electrons. The van der Waals surface area contributed by atoms with Crippen LogP contribution in [0.1, 0.15) is 27.7 Å². The van der Waals surface area contributed by atoms with Crippen molar-refractivity contribution in [2.45, 2.75) is 33.3 Å². The summed E-state index contributed by atoms with van der Waals surface area (Å²) in [5.41, 5.74) is -0.486. The predicted octanol–water partition coefficient (Wildman–Crippen LogP) is 1.65. The Morgan fingerprint density at radius 3 is 2.57 bits per heavy atom. The van der Waals surface area contributed by atoms with Crippen LogP contribution in [0.5, 0.6) is 0 Å². The highest BCUT2D eigenvalue weighted by molar-refractivity contribution is 5.68. The third-order valence-electron chi connectivity index (χ3n) is 1.31. The van der Waals surface area contributed by atoms with E-state index in [0.29, 0.717) is 0 Å². The number of alkyl carbamates (subject to hydrolysis) is 1. The van der Waals surface area contributed by atoms with Gasteiger partial charge in [0.25, 0.3) is 0 Å². The van der Waals surface area contributed by atoms with Crippen molar-refractivity contribution in [2.75, 3.05) is 6.61 Å². The van der Waals surface area contributed by atoms with Crippen LogP contribution in [0.3, 0.4) is 0 Å². The lowest BCUT2D eigenvalue weighted by Gasteiger charge is -2.18. The standard InChI is InChI=1S/C10H19NO3/c1-8(7-12)5-6-11-9(13)14-10(2,3)4/h5-6,8,12H,7H2,1-4H3,(H,11,13). The highest BCUT2D eigenvalue weighted by Crippen LogP contribution is 2.06. The molecule has 0 aliphatic carbocycles. The van der Waals surface area contributed by atoms with Gasteiger partial charge in [-0.25, -0.2) is 4.79 Å². The van der Waals surface area contributed by atoms with Crippen LogP contribution in [-0.2, 0) is 4.74 Å². The number of hydrogen-bond acceptors (Lipinski definition) is 3. The lowest BCUT2D eigenvalue weighted by molar-refractivity contribution is 0.0552. The van der Waals surface area contributed by atoms with E-state index in [0.717, 1.165) is 0 Å². The van der Waals surface area contributed by atoms with Crippen molar-refractivity contribution < 1.29 is 14.6 Å². The number of aliphatic hydroxyl groups is 1. The van der Waals surface area contributed by atoms with E-state index in [4.69, 9.17) is 9.84 Å². The Kier molecular flexibility index (Phi) is 5.23. The van der Waals surface area contributed by atoms with Crippen LogP contribution in [-0.4, -0.2) is 23.4 Å². The summed E-state index contributed by atoms with van der Waals surface area (Å²) in [6, 6.07) is 0. The zero-order valence-corrected chi connectivity index (χ0v) is 9.20. The van der Waals surface area contributed by atoms with Crippen molar-refractivity contribution in [1.29, 1.82) is 0 Å². The summed E-state index contributed by atoms with van der Waals surface area (Å²) in [6.07, 6.45) is 2.69. The normalized spacial score (nSPS) is 14.1. The summed E-state index contributed by atoms with van der Waals surface area (Å²) in [6.45, 7) is 7.30. The molecule has 0 saturated heterocycles. The monoisotopic (exact) mass is 201 g/mol. The minimum Gasteiger partial charge on any atom is -0.444 e. The van der Waals surface area contributed by atoms with Gasteiger partial charge >= 0.3 is 6.09 Å². The maximum absolute atomic E-state index is 11.1. The fraction of sp³-hybridized carbons (Fsp3) is 0.700. The molecule has 0 saturated carbocycles. The van der Waals surface area contributed by atoms with Crippen LogP contribution < -0.4 is 5.32 Å². The molecule has 4 heteroatoms. The highest BCUT2D eigenvalue weighted by atomic mass is 16.6. The summed E-state index contributed by atoms with van der Waals surface area (Å²) >= 11 is 0. The molecular weight excluding hydrogens is 182 g/mol. The van der Waals surface area contributed by atoms with Crippen LogP contribution in [0.25, 0.3) is 0 Å². The Balaban J connectivity index is 3.80. The van der Waals surface area contributed by atoms with Gasteiger partial charge in [0.1, 0.15) is 5.60 Å². The summed E-state index contributed by atoms with van der Waals surface area (Å²) in [4.78, 5) is 11.1. The maximum atomic E-state index is 11.1. The fourth-order valence-corrected chi connectivity index (χ4v) is 0.649. The number of carbonyl (C=O) groups excluding carboxylic acids is 1. The molecular formula is C10H19NO3. The second kappa shape index (κ2) is 5.65. The molecule has 0 rings (SSSR count). The lowest BCUT2D eigenvalue weighted by atomic mass is 10.2. The number of carbonyl (C=O) groups is 1. The first-order valence-corrected chi connectivity index (χ1v) is 4.62. The molecule has 4 nitrogen and oxygen atoms in total. The van der Waals surface area contributed by atoms with Gasteiger partial charge in [0.2, 0.25) is 0 Å². The molecule has 0 aromatic heterocycles. The first-order valence-electron chi connectivity index (χ1n) is 4.62. The Morgan fingerprint density at radius 1 is 1.57 bits per heavy atom. The maximum Gasteiger partial charge on any atom is 0.411 e. The zero-order chi connectivity index (χ0) is 11.2. The van der Waals surface area contributed by atoms with Gasteiger partial charge in [-0.2, -0.15) is 0 Å². The molecule has 1 amide bonds. The van der Waals surface area contributed by atoms with Crippen molar-refractivity contribution in [3.05, 3.63) is 12.3 Å². The smallest absolute Gasteiger partial charge is 0.411 e. The molecule has 14 heavy (non-hydrogen) atoms. The molecule has 0 aromatic carbocycles. The molecule has 2 N–H and O–H groups in total. The second-order valence-corrected chi connectivity index (χ2v) is 4.17. The largest absolute Gasteiger partial charge is 0.444 e. The summed E-state index contributed by atoms with van der Waals surface area (Å²) < 4.78 is 4.99. The predicted molar refractivity (Wildman–Crippen MR) is 54.8 cm³/mol. The number of nitrogens with one attached hydrogen (secondary N) is 1. The van der Waals surface area contributed by atoms with Gasteiger partial charge in [0, 0.05) is 12.8 Å². The summed E-state index contributed by atoms with van der Waals surface area (Å²) in [5, 5.41) is 11.1. The topological polar surface area (TPSA) is 58.6 Å². The summed E-state index contributed by atoms with van der Waals surface area (Å²) in [7, 11) is 0. The van der Waals surface area contributed by atoms with Gasteiger partial charge in [0.15, 0.2) is 0 Å². The van der Waals surface area contributed by atoms with Gasteiger partial charge in [0.05, 0.1) is 0 Å². The molecule has 0 aromatic rings. The van der Waals surface area contributed by atoms with E-state index >= 15 is 0 Å². The van der Waals surface area contributed by atoms with Crippen LogP contribution in [0.4, 0.5) is 4.79 Å². The molecule has 0 bridgehead atoms. The second-order valence-electron chi connectivity index (χ2n) is 4.17. The van der Waals surface area contributed by atoms with E-state index in [-0.39, 0.29) is 12.5 Å². The number of aliphatic hydroxyl groups excluding tert-OH is 1. The molecule has 0 spiro atoms. The minimum atomic E-state index is -0.487. The van der Waals surface area contributed by atoms with Crippen LogP contribution in [0, 0.1) is 5.92 Å². The summed E-state index contributed by atoms with van der Waals surface area (Å²) in [5.74, 6) is 0.0323. The van der Waals surface area contributed by atoms with E-state index in [1.54, 1.807) is 26.8 Å². The van der Waals surface area contributed by atoms with E-state index < -0.39 is 11.7 Å². The van der Waals surface area contributed by atoms with Crippen LogP contribution >= 0.6 is 0 Å².